The maximum absolute atomic E-state index is 12.1. The Hall–Kier alpha value is -0.870. The third-order valence-electron chi connectivity index (χ3n) is 3.03. The summed E-state index contributed by atoms with van der Waals surface area (Å²) in [6.45, 7) is 5.94. The van der Waals surface area contributed by atoms with Crippen LogP contribution in [0.2, 0.25) is 0 Å². The molecule has 0 amide bonds. The normalized spacial score (nSPS) is 25.4. The smallest absolute Gasteiger partial charge is 0.346 e. The van der Waals surface area contributed by atoms with Crippen molar-refractivity contribution in [3.05, 3.63) is 34.3 Å². The van der Waals surface area contributed by atoms with Crippen LogP contribution in [0, 0.1) is 0 Å². The topological polar surface area (TPSA) is 38.8 Å². The van der Waals surface area contributed by atoms with E-state index in [1.807, 2.05) is 38.1 Å². The molecule has 0 radical (unpaired) electrons. The molecule has 0 spiro atoms. The third kappa shape index (κ3) is 1.89. The molecule has 1 heterocycles. The molecule has 1 aromatic rings. The van der Waals surface area contributed by atoms with E-state index >= 15 is 0 Å². The zero-order valence-corrected chi connectivity index (χ0v) is 11.7. The van der Waals surface area contributed by atoms with Gasteiger partial charge < -0.3 is 9.47 Å². The van der Waals surface area contributed by atoms with Gasteiger partial charge in [-0.15, -0.1) is 0 Å². The molecule has 0 N–H and O–H groups in total. The Morgan fingerprint density at radius 2 is 1.88 bits per heavy atom. The van der Waals surface area contributed by atoms with Gasteiger partial charge in [-0.3, -0.25) is 0 Å². The molecule has 0 aromatic heterocycles. The number of esters is 1. The van der Waals surface area contributed by atoms with Crippen LogP contribution >= 0.6 is 15.9 Å². The summed E-state index contributed by atoms with van der Waals surface area (Å²) < 4.78 is 11.7. The van der Waals surface area contributed by atoms with Gasteiger partial charge in [0.25, 0.3) is 0 Å². The first-order valence-corrected chi connectivity index (χ1v) is 6.37. The van der Waals surface area contributed by atoms with Gasteiger partial charge >= 0.3 is 5.97 Å². The maximum Gasteiger partial charge on any atom is 0.346 e. The van der Waals surface area contributed by atoms with E-state index in [2.05, 4.69) is 15.9 Å². The molecule has 3 nitrogen and oxygen atoms in total. The zero-order chi connectivity index (χ0) is 12.7. The summed E-state index contributed by atoms with van der Waals surface area (Å²) in [5, 5.41) is 0. The molecule has 1 aliphatic heterocycles. The van der Waals surface area contributed by atoms with Crippen LogP contribution in [0.1, 0.15) is 26.3 Å². The lowest BCUT2D eigenvalue weighted by molar-refractivity contribution is -0.150. The van der Waals surface area contributed by atoms with Gasteiger partial charge in [-0.05, 0) is 38.5 Å². The van der Waals surface area contributed by atoms with E-state index in [4.69, 9.17) is 9.47 Å². The quantitative estimate of drug-likeness (QED) is 0.636. The van der Waals surface area contributed by atoms with Crippen molar-refractivity contribution in [2.75, 3.05) is 6.61 Å². The number of epoxide rings is 1. The molecule has 17 heavy (non-hydrogen) atoms. The number of benzene rings is 1. The first kappa shape index (κ1) is 12.6. The molecule has 0 aliphatic carbocycles. The zero-order valence-electron chi connectivity index (χ0n) is 10.1. The third-order valence-corrected chi connectivity index (χ3v) is 3.56. The second-order valence-corrected chi connectivity index (χ2v) is 5.44. The lowest BCUT2D eigenvalue weighted by Crippen LogP contribution is -2.30. The summed E-state index contributed by atoms with van der Waals surface area (Å²) in [6.07, 6.45) is 0. The van der Waals surface area contributed by atoms with Gasteiger partial charge in [0.2, 0.25) is 5.60 Å². The maximum atomic E-state index is 12.1. The van der Waals surface area contributed by atoms with E-state index in [1.165, 1.54) is 0 Å². The summed E-state index contributed by atoms with van der Waals surface area (Å²) in [7, 11) is 0. The van der Waals surface area contributed by atoms with E-state index in [1.54, 1.807) is 6.92 Å². The van der Waals surface area contributed by atoms with Gasteiger partial charge in [-0.1, -0.05) is 28.1 Å². The highest BCUT2D eigenvalue weighted by Crippen LogP contribution is 2.56. The van der Waals surface area contributed by atoms with Crippen LogP contribution in [0.15, 0.2) is 28.7 Å². The van der Waals surface area contributed by atoms with Crippen molar-refractivity contribution in [1.29, 1.82) is 0 Å². The highest BCUT2D eigenvalue weighted by molar-refractivity contribution is 9.10. The van der Waals surface area contributed by atoms with Crippen molar-refractivity contribution in [3.63, 3.8) is 0 Å². The fourth-order valence-corrected chi connectivity index (χ4v) is 2.35. The first-order valence-electron chi connectivity index (χ1n) is 5.57. The van der Waals surface area contributed by atoms with Gasteiger partial charge in [0.05, 0.1) is 6.61 Å². The van der Waals surface area contributed by atoms with Gasteiger partial charge in [0, 0.05) is 4.47 Å². The van der Waals surface area contributed by atoms with Crippen LogP contribution < -0.4 is 0 Å². The second kappa shape index (κ2) is 4.10. The van der Waals surface area contributed by atoms with Crippen LogP contribution in [-0.4, -0.2) is 18.2 Å². The monoisotopic (exact) mass is 298 g/mol. The molecule has 4 heteroatoms. The molecule has 1 saturated heterocycles. The highest BCUT2D eigenvalue weighted by atomic mass is 79.9. The van der Waals surface area contributed by atoms with E-state index in [0.29, 0.717) is 6.61 Å². The predicted molar refractivity (Wildman–Crippen MR) is 67.6 cm³/mol. The summed E-state index contributed by atoms with van der Waals surface area (Å²) in [5.74, 6) is -0.313. The minimum absolute atomic E-state index is 0.313. The Balaban J connectivity index is 2.37. The molecule has 0 bridgehead atoms. The van der Waals surface area contributed by atoms with Gasteiger partial charge in [0.15, 0.2) is 0 Å². The Kier molecular flexibility index (Phi) is 3.04. The number of hydrogen-bond donors (Lipinski definition) is 0. The lowest BCUT2D eigenvalue weighted by Gasteiger charge is -2.14. The molecule has 2 rings (SSSR count). The number of rotatable bonds is 3. The van der Waals surface area contributed by atoms with Gasteiger partial charge in [-0.25, -0.2) is 4.79 Å². The molecule has 1 aromatic carbocycles. The van der Waals surface area contributed by atoms with Gasteiger partial charge in [-0.2, -0.15) is 0 Å². The van der Waals surface area contributed by atoms with E-state index in [-0.39, 0.29) is 5.97 Å². The molecular formula is C13H15BrO3. The second-order valence-electron chi connectivity index (χ2n) is 4.52. The molecule has 92 valence electrons. The first-order chi connectivity index (χ1) is 7.94. The van der Waals surface area contributed by atoms with Gasteiger partial charge in [0.1, 0.15) is 5.60 Å². The number of hydrogen-bond acceptors (Lipinski definition) is 3. The van der Waals surface area contributed by atoms with Crippen molar-refractivity contribution >= 4 is 21.9 Å². The standard InChI is InChI=1S/C13H15BrO3/c1-4-16-11(15)13(12(2,3)17-13)9-5-7-10(14)8-6-9/h5-8H,4H2,1-3H3. The average Bonchev–Trinajstić information content (AvgIpc) is 2.84. The van der Waals surface area contributed by atoms with Crippen LogP contribution in [0.25, 0.3) is 0 Å². The number of ether oxygens (including phenoxy) is 2. The van der Waals surface area contributed by atoms with Crippen molar-refractivity contribution in [3.8, 4) is 0 Å². The Morgan fingerprint density at radius 1 is 1.35 bits per heavy atom. The average molecular weight is 299 g/mol. The summed E-state index contributed by atoms with van der Waals surface area (Å²) in [6, 6.07) is 7.56. The van der Waals surface area contributed by atoms with Crippen molar-refractivity contribution in [2.24, 2.45) is 0 Å². The lowest BCUT2D eigenvalue weighted by atomic mass is 9.88. The largest absolute Gasteiger partial charge is 0.464 e. The molecule has 1 aliphatic rings. The van der Waals surface area contributed by atoms with E-state index in [9.17, 15) is 4.79 Å². The van der Waals surface area contributed by atoms with Crippen LogP contribution in [0.4, 0.5) is 0 Å². The number of halogens is 1. The Bertz CT molecular complexity index is 438. The fourth-order valence-electron chi connectivity index (χ4n) is 2.09. The van der Waals surface area contributed by atoms with Crippen LogP contribution in [0.5, 0.6) is 0 Å². The minimum atomic E-state index is -0.941. The van der Waals surface area contributed by atoms with Crippen molar-refractivity contribution < 1.29 is 14.3 Å². The van der Waals surface area contributed by atoms with E-state index < -0.39 is 11.2 Å². The summed E-state index contributed by atoms with van der Waals surface area (Å²) >= 11 is 3.37. The SMILES string of the molecule is CCOC(=O)C1(c2ccc(Br)cc2)OC1(C)C. The molecule has 0 saturated carbocycles. The summed E-state index contributed by atoms with van der Waals surface area (Å²) in [4.78, 5) is 12.1. The molecular weight excluding hydrogens is 284 g/mol. The minimum Gasteiger partial charge on any atom is -0.464 e. The fraction of sp³-hybridized carbons (Fsp3) is 0.462. The number of carbonyl (C=O) groups is 1. The highest BCUT2D eigenvalue weighted by Gasteiger charge is 2.71. The van der Waals surface area contributed by atoms with Crippen molar-refractivity contribution in [1.82, 2.24) is 0 Å². The molecule has 1 atom stereocenters. The van der Waals surface area contributed by atoms with Crippen LogP contribution in [-0.2, 0) is 19.9 Å². The van der Waals surface area contributed by atoms with E-state index in [0.717, 1.165) is 10.0 Å². The predicted octanol–water partition coefficient (Wildman–Crippen LogP) is 3.02. The van der Waals surface area contributed by atoms with Crippen LogP contribution in [0.3, 0.4) is 0 Å². The molecule has 1 fully saturated rings. The van der Waals surface area contributed by atoms with Crippen molar-refractivity contribution in [2.45, 2.75) is 32.0 Å². The molecule has 1 unspecified atom stereocenters. The number of carbonyl (C=O) groups excluding carboxylic acids is 1. The Morgan fingerprint density at radius 3 is 2.29 bits per heavy atom. The summed E-state index contributed by atoms with van der Waals surface area (Å²) in [5.41, 5.74) is -0.610. The Labute approximate surface area is 109 Å².